The number of hydrogen-bond acceptors (Lipinski definition) is 5. The molecule has 0 radical (unpaired) electrons. The zero-order chi connectivity index (χ0) is 25.7. The fraction of sp³-hybridized carbons (Fsp3) is 0.970. The number of azo groups is 2. The van der Waals surface area contributed by atoms with Crippen LogP contribution in [0.3, 0.4) is 0 Å². The van der Waals surface area contributed by atoms with Gasteiger partial charge in [0.15, 0.2) is 0 Å². The van der Waals surface area contributed by atoms with Crippen molar-refractivity contribution in [2.75, 3.05) is 0 Å². The minimum absolute atomic E-state index is 0. The van der Waals surface area contributed by atoms with E-state index >= 15 is 0 Å². The van der Waals surface area contributed by atoms with E-state index in [-0.39, 0.29) is 29.6 Å². The van der Waals surface area contributed by atoms with Gasteiger partial charge in [-0.3, -0.25) is 0 Å². The molecule has 0 heterocycles. The van der Waals surface area contributed by atoms with Crippen LogP contribution >= 0.6 is 0 Å². The second kappa shape index (κ2) is 15.1. The number of hydrogen-bond donors (Lipinski definition) is 1. The first-order valence-corrected chi connectivity index (χ1v) is 17.1. The van der Waals surface area contributed by atoms with Crippen molar-refractivity contribution in [3.05, 3.63) is 6.42 Å². The first-order valence-electron chi connectivity index (χ1n) is 17.1. The summed E-state index contributed by atoms with van der Waals surface area (Å²) in [5.41, 5.74) is 0. The summed E-state index contributed by atoms with van der Waals surface area (Å²) in [6.07, 6.45) is 29.2. The molecule has 6 heteroatoms. The average molecular weight is 546 g/mol. The van der Waals surface area contributed by atoms with E-state index in [1.807, 2.05) is 0 Å². The Balaban J connectivity index is 0.00000308. The maximum Gasteiger partial charge on any atom is 1.00 e. The van der Waals surface area contributed by atoms with E-state index in [0.29, 0.717) is 53.9 Å². The molecular formula is C33H56N5Na. The number of rotatable bonds is 6. The van der Waals surface area contributed by atoms with Crippen LogP contribution in [0.15, 0.2) is 20.5 Å². The van der Waals surface area contributed by atoms with Gasteiger partial charge in [0, 0.05) is 6.04 Å². The summed E-state index contributed by atoms with van der Waals surface area (Å²) in [6.45, 7) is 2.39. The summed E-state index contributed by atoms with van der Waals surface area (Å²) < 4.78 is 0. The van der Waals surface area contributed by atoms with Gasteiger partial charge in [0.25, 0.3) is 0 Å². The zero-order valence-electron chi connectivity index (χ0n) is 25.4. The average Bonchev–Trinajstić information content (AvgIpc) is 2.96. The van der Waals surface area contributed by atoms with Crippen LogP contribution in [0, 0.1) is 36.0 Å². The minimum atomic E-state index is 0. The molecule has 6 saturated carbocycles. The third-order valence-electron chi connectivity index (χ3n) is 11.7. The zero-order valence-corrected chi connectivity index (χ0v) is 27.4. The Morgan fingerprint density at radius 2 is 1.18 bits per heavy atom. The van der Waals surface area contributed by atoms with Crippen molar-refractivity contribution in [3.63, 3.8) is 0 Å². The summed E-state index contributed by atoms with van der Waals surface area (Å²) in [4.78, 5) is 0. The Bertz CT molecular complexity index is 797. The standard InChI is InChI=1S/C33H56N5.Na/c1-23-10-9-13-25(22-23)35-36-31-20-21-33(29-17-8-7-16-28(29)31)38-37-32-19-18-30(26-14-5-6-15-27(26)32)34-24-11-3-2-4-12-24;/h14,23-34H,2-13,15-22H2,1H3;/q-1;+1. The van der Waals surface area contributed by atoms with E-state index in [2.05, 4.69) is 18.7 Å². The topological polar surface area (TPSA) is 61.5 Å². The maximum atomic E-state index is 5.24. The van der Waals surface area contributed by atoms with Gasteiger partial charge in [0.05, 0.1) is 24.2 Å². The van der Waals surface area contributed by atoms with Gasteiger partial charge in [-0.15, -0.1) is 5.92 Å². The van der Waals surface area contributed by atoms with Gasteiger partial charge < -0.3 is 11.7 Å². The van der Waals surface area contributed by atoms with Crippen LogP contribution in [0.2, 0.25) is 0 Å². The first kappa shape index (κ1) is 30.6. The molecule has 6 rings (SSSR count). The monoisotopic (exact) mass is 545 g/mol. The molecule has 10 unspecified atom stereocenters. The Hall–Kier alpha value is 0.160. The van der Waals surface area contributed by atoms with Crippen molar-refractivity contribution in [2.24, 2.45) is 50.0 Å². The predicted molar refractivity (Wildman–Crippen MR) is 155 cm³/mol. The fourth-order valence-electron chi connectivity index (χ4n) is 9.67. The van der Waals surface area contributed by atoms with Crippen LogP contribution in [-0.4, -0.2) is 36.3 Å². The van der Waals surface area contributed by atoms with Gasteiger partial charge in [0.2, 0.25) is 0 Å². The van der Waals surface area contributed by atoms with Crippen molar-refractivity contribution in [1.29, 1.82) is 0 Å². The molecule has 0 aromatic carbocycles. The van der Waals surface area contributed by atoms with E-state index in [1.54, 1.807) is 0 Å². The van der Waals surface area contributed by atoms with E-state index in [0.717, 1.165) is 12.0 Å². The third-order valence-corrected chi connectivity index (χ3v) is 11.7. The van der Waals surface area contributed by atoms with Crippen molar-refractivity contribution in [2.45, 2.75) is 172 Å². The summed E-state index contributed by atoms with van der Waals surface area (Å²) >= 11 is 0. The van der Waals surface area contributed by atoms with Gasteiger partial charge in [-0.2, -0.15) is 26.9 Å². The summed E-state index contributed by atoms with van der Waals surface area (Å²) in [5.74, 6) is 3.63. The fourth-order valence-corrected chi connectivity index (χ4v) is 9.67. The van der Waals surface area contributed by atoms with Crippen LogP contribution < -0.4 is 34.9 Å². The maximum absolute atomic E-state index is 5.24. The Kier molecular flexibility index (Phi) is 11.8. The molecule has 0 aromatic rings. The van der Waals surface area contributed by atoms with E-state index in [1.165, 1.54) is 128 Å². The number of nitrogens with zero attached hydrogens (tertiary/aromatic N) is 4. The van der Waals surface area contributed by atoms with Crippen LogP contribution in [-0.2, 0) is 0 Å². The summed E-state index contributed by atoms with van der Waals surface area (Å²) in [7, 11) is 0. The minimum Gasteiger partial charge on any atom is -0.324 e. The van der Waals surface area contributed by atoms with E-state index in [4.69, 9.17) is 20.5 Å². The molecule has 214 valence electrons. The normalized spacial score (nSPS) is 44.0. The molecular weight excluding hydrogens is 489 g/mol. The summed E-state index contributed by atoms with van der Waals surface area (Å²) in [5, 5.41) is 24.6. The Labute approximate surface area is 261 Å². The molecule has 39 heavy (non-hydrogen) atoms. The number of nitrogens with one attached hydrogen (secondary N) is 1. The Morgan fingerprint density at radius 1 is 0.564 bits per heavy atom. The molecule has 10 atom stereocenters. The quantitative estimate of drug-likeness (QED) is 0.253. The van der Waals surface area contributed by atoms with Crippen molar-refractivity contribution < 1.29 is 29.6 Å². The van der Waals surface area contributed by atoms with Crippen molar-refractivity contribution in [3.8, 4) is 0 Å². The van der Waals surface area contributed by atoms with E-state index in [9.17, 15) is 0 Å². The molecule has 1 N–H and O–H groups in total. The molecule has 6 aliphatic carbocycles. The van der Waals surface area contributed by atoms with E-state index < -0.39 is 0 Å². The largest absolute Gasteiger partial charge is 1.00 e. The molecule has 6 fully saturated rings. The molecule has 0 spiro atoms. The molecule has 0 aromatic heterocycles. The SMILES string of the molecule is CC1CCCC(N=NC2CCC(N=NC3CCC(NC4CCCCC4)C4[CH-]CCCC34)C3CCCCC23)C1.[Na+]. The summed E-state index contributed by atoms with van der Waals surface area (Å²) in [6, 6.07) is 3.27. The van der Waals surface area contributed by atoms with Gasteiger partial charge >= 0.3 is 29.6 Å². The van der Waals surface area contributed by atoms with Gasteiger partial charge in [-0.05, 0) is 93.9 Å². The van der Waals surface area contributed by atoms with Gasteiger partial charge in [0.1, 0.15) is 0 Å². The Morgan fingerprint density at radius 3 is 1.90 bits per heavy atom. The molecule has 0 aliphatic heterocycles. The molecule has 0 bridgehead atoms. The smallest absolute Gasteiger partial charge is 0.324 e. The van der Waals surface area contributed by atoms with Crippen molar-refractivity contribution >= 4 is 0 Å². The van der Waals surface area contributed by atoms with Crippen LogP contribution in [0.25, 0.3) is 0 Å². The first-order chi connectivity index (χ1) is 18.7. The van der Waals surface area contributed by atoms with Crippen LogP contribution in [0.1, 0.15) is 135 Å². The predicted octanol–water partition coefficient (Wildman–Crippen LogP) is 5.88. The second-order valence-corrected chi connectivity index (χ2v) is 14.4. The molecule has 0 saturated heterocycles. The van der Waals surface area contributed by atoms with Gasteiger partial charge in [-0.1, -0.05) is 64.7 Å². The van der Waals surface area contributed by atoms with Crippen LogP contribution in [0.4, 0.5) is 0 Å². The van der Waals surface area contributed by atoms with Gasteiger partial charge in [-0.25, -0.2) is 0 Å². The van der Waals surface area contributed by atoms with Crippen LogP contribution in [0.5, 0.6) is 0 Å². The number of fused-ring (bicyclic) bond motifs is 2. The van der Waals surface area contributed by atoms with Crippen molar-refractivity contribution in [1.82, 2.24) is 5.32 Å². The molecule has 6 aliphatic rings. The second-order valence-electron chi connectivity index (χ2n) is 14.4. The molecule has 0 amide bonds. The third kappa shape index (κ3) is 7.77. The molecule has 5 nitrogen and oxygen atoms in total.